The monoisotopic (exact) mass is 357 g/mol. The van der Waals surface area contributed by atoms with Gasteiger partial charge in [0.1, 0.15) is 5.60 Å². The lowest BCUT2D eigenvalue weighted by Crippen LogP contribution is -2.54. The van der Waals surface area contributed by atoms with Gasteiger partial charge in [0, 0.05) is 13.7 Å². The first-order valence-corrected chi connectivity index (χ1v) is 9.16. The summed E-state index contributed by atoms with van der Waals surface area (Å²) in [7, 11) is -2.55. The van der Waals surface area contributed by atoms with Crippen molar-refractivity contribution in [3.05, 3.63) is 29.8 Å². The van der Waals surface area contributed by atoms with Gasteiger partial charge in [-0.25, -0.2) is 8.42 Å². The maximum Gasteiger partial charge on any atom is 0.327 e. The zero-order valence-electron chi connectivity index (χ0n) is 14.1. The Labute approximate surface area is 142 Å². The van der Waals surface area contributed by atoms with Crippen LogP contribution in [0.2, 0.25) is 0 Å². The molecule has 0 radical (unpaired) electrons. The van der Waals surface area contributed by atoms with Crippen molar-refractivity contribution >= 4 is 16.0 Å². The van der Waals surface area contributed by atoms with Crippen LogP contribution in [0.15, 0.2) is 29.2 Å². The normalized spacial score (nSPS) is 24.9. The third-order valence-electron chi connectivity index (χ3n) is 4.09. The summed E-state index contributed by atoms with van der Waals surface area (Å²) in [5.74, 6) is -0.773. The molecule has 0 bridgehead atoms. The van der Waals surface area contributed by atoms with E-state index in [0.717, 1.165) is 9.87 Å². The van der Waals surface area contributed by atoms with Crippen LogP contribution in [0.1, 0.15) is 18.9 Å². The Bertz CT molecular complexity index is 687. The molecule has 1 aliphatic heterocycles. The van der Waals surface area contributed by atoms with Crippen LogP contribution in [-0.2, 0) is 24.3 Å². The van der Waals surface area contributed by atoms with Gasteiger partial charge in [0.25, 0.3) is 0 Å². The molecule has 1 aromatic carbocycles. The molecule has 7 nitrogen and oxygen atoms in total. The molecule has 1 aliphatic rings. The van der Waals surface area contributed by atoms with Crippen molar-refractivity contribution in [2.45, 2.75) is 36.8 Å². The Balaban J connectivity index is 2.43. The van der Waals surface area contributed by atoms with Crippen LogP contribution in [0.25, 0.3) is 0 Å². The van der Waals surface area contributed by atoms with Gasteiger partial charge in [-0.1, -0.05) is 17.7 Å². The van der Waals surface area contributed by atoms with E-state index < -0.39 is 27.6 Å². The number of aliphatic hydroxyl groups is 1. The molecular weight excluding hydrogens is 334 g/mol. The molecule has 0 amide bonds. The number of nitrogens with zero attached hydrogens (tertiary/aromatic N) is 1. The molecule has 1 N–H and O–H groups in total. The SMILES string of the molecule is CCOC(=O)C1N(S(=O)(=O)c2ccc(C)cc2)CCC1(O)COC. The number of sulfonamides is 1. The number of ether oxygens (including phenoxy) is 2. The molecule has 0 saturated carbocycles. The van der Waals surface area contributed by atoms with Crippen LogP contribution in [0, 0.1) is 6.92 Å². The number of hydrogen-bond acceptors (Lipinski definition) is 6. The van der Waals surface area contributed by atoms with Gasteiger partial charge in [-0.15, -0.1) is 0 Å². The summed E-state index contributed by atoms with van der Waals surface area (Å²) in [6, 6.07) is 5.01. The van der Waals surface area contributed by atoms with Crippen LogP contribution >= 0.6 is 0 Å². The second-order valence-electron chi connectivity index (χ2n) is 5.87. The van der Waals surface area contributed by atoms with Crippen molar-refractivity contribution in [1.29, 1.82) is 0 Å². The highest BCUT2D eigenvalue weighted by Gasteiger charge is 2.55. The maximum atomic E-state index is 12.9. The van der Waals surface area contributed by atoms with Gasteiger partial charge in [0.2, 0.25) is 10.0 Å². The zero-order valence-corrected chi connectivity index (χ0v) is 14.9. The number of hydrogen-bond donors (Lipinski definition) is 1. The quantitative estimate of drug-likeness (QED) is 0.754. The Kier molecular flexibility index (Phi) is 5.64. The van der Waals surface area contributed by atoms with Gasteiger partial charge in [-0.2, -0.15) is 4.31 Å². The molecular formula is C16H23NO6S. The Morgan fingerprint density at radius 3 is 2.54 bits per heavy atom. The minimum Gasteiger partial charge on any atom is -0.465 e. The Hall–Kier alpha value is -1.48. The smallest absolute Gasteiger partial charge is 0.327 e. The predicted molar refractivity (Wildman–Crippen MR) is 86.9 cm³/mol. The standard InChI is InChI=1S/C16H23NO6S/c1-4-23-15(18)14-16(19,11-22-3)9-10-17(14)24(20,21)13-7-5-12(2)6-8-13/h5-8,14,19H,4,9-11H2,1-3H3. The van der Waals surface area contributed by atoms with E-state index in [2.05, 4.69) is 0 Å². The summed E-state index contributed by atoms with van der Waals surface area (Å²) in [5, 5.41) is 10.7. The summed E-state index contributed by atoms with van der Waals surface area (Å²) in [5.41, 5.74) is -0.688. The third kappa shape index (κ3) is 3.46. The second kappa shape index (κ2) is 7.18. The van der Waals surface area contributed by atoms with Crippen LogP contribution in [-0.4, -0.2) is 62.3 Å². The van der Waals surface area contributed by atoms with E-state index >= 15 is 0 Å². The average Bonchev–Trinajstić information content (AvgIpc) is 2.86. The molecule has 134 valence electrons. The molecule has 0 aromatic heterocycles. The van der Waals surface area contributed by atoms with Crippen LogP contribution in [0.3, 0.4) is 0 Å². The Morgan fingerprint density at radius 2 is 2.00 bits per heavy atom. The molecule has 2 unspecified atom stereocenters. The highest BCUT2D eigenvalue weighted by atomic mass is 32.2. The van der Waals surface area contributed by atoms with Gasteiger partial charge in [0.15, 0.2) is 6.04 Å². The summed E-state index contributed by atoms with van der Waals surface area (Å²) >= 11 is 0. The number of rotatable bonds is 6. The third-order valence-corrected chi connectivity index (χ3v) is 5.97. The van der Waals surface area contributed by atoms with Crippen molar-refractivity contribution in [2.75, 3.05) is 26.9 Å². The number of carbonyl (C=O) groups excluding carboxylic acids is 1. The summed E-state index contributed by atoms with van der Waals surface area (Å²) in [6.45, 7) is 3.43. The first-order valence-electron chi connectivity index (χ1n) is 7.72. The molecule has 2 rings (SSSR count). The number of carbonyl (C=O) groups is 1. The molecule has 1 heterocycles. The maximum absolute atomic E-state index is 12.9. The largest absolute Gasteiger partial charge is 0.465 e. The first kappa shape index (κ1) is 18.9. The molecule has 1 aromatic rings. The van der Waals surface area contributed by atoms with Crippen molar-refractivity contribution < 1.29 is 27.8 Å². The highest BCUT2D eigenvalue weighted by Crippen LogP contribution is 2.34. The van der Waals surface area contributed by atoms with Gasteiger partial charge in [-0.3, -0.25) is 4.79 Å². The lowest BCUT2D eigenvalue weighted by molar-refractivity contribution is -0.156. The molecule has 0 aliphatic carbocycles. The topological polar surface area (TPSA) is 93.1 Å². The lowest BCUT2D eigenvalue weighted by atomic mass is 9.96. The first-order chi connectivity index (χ1) is 11.3. The minimum atomic E-state index is -3.94. The summed E-state index contributed by atoms with van der Waals surface area (Å²) in [6.07, 6.45) is 0.0927. The molecule has 0 spiro atoms. The summed E-state index contributed by atoms with van der Waals surface area (Å²) in [4.78, 5) is 12.4. The summed E-state index contributed by atoms with van der Waals surface area (Å²) < 4.78 is 36.8. The van der Waals surface area contributed by atoms with Gasteiger partial charge in [-0.05, 0) is 32.4 Å². The van der Waals surface area contributed by atoms with Crippen LogP contribution in [0.5, 0.6) is 0 Å². The fraction of sp³-hybridized carbons (Fsp3) is 0.562. The Morgan fingerprint density at radius 1 is 1.38 bits per heavy atom. The van der Waals surface area contributed by atoms with Crippen molar-refractivity contribution in [1.82, 2.24) is 4.31 Å². The number of benzene rings is 1. The van der Waals surface area contributed by atoms with Crippen molar-refractivity contribution in [2.24, 2.45) is 0 Å². The number of esters is 1. The van der Waals surface area contributed by atoms with Gasteiger partial charge in [0.05, 0.1) is 18.1 Å². The molecule has 8 heteroatoms. The average molecular weight is 357 g/mol. The fourth-order valence-electron chi connectivity index (χ4n) is 2.90. The number of aryl methyl sites for hydroxylation is 1. The predicted octanol–water partition coefficient (Wildman–Crippen LogP) is 0.699. The zero-order chi connectivity index (χ0) is 18.0. The van der Waals surface area contributed by atoms with Crippen molar-refractivity contribution in [3.8, 4) is 0 Å². The van der Waals surface area contributed by atoms with E-state index in [9.17, 15) is 18.3 Å². The van der Waals surface area contributed by atoms with E-state index in [1.54, 1.807) is 19.1 Å². The minimum absolute atomic E-state index is 0.0134. The molecule has 24 heavy (non-hydrogen) atoms. The second-order valence-corrected chi connectivity index (χ2v) is 7.76. The van der Waals surface area contributed by atoms with Crippen molar-refractivity contribution in [3.63, 3.8) is 0 Å². The fourth-order valence-corrected chi connectivity index (χ4v) is 4.54. The van der Waals surface area contributed by atoms with Crippen LogP contribution < -0.4 is 0 Å². The molecule has 2 atom stereocenters. The highest BCUT2D eigenvalue weighted by molar-refractivity contribution is 7.89. The molecule has 1 fully saturated rings. The van der Waals surface area contributed by atoms with E-state index in [4.69, 9.17) is 9.47 Å². The van der Waals surface area contributed by atoms with Crippen LogP contribution in [0.4, 0.5) is 0 Å². The number of methoxy groups -OCH3 is 1. The van der Waals surface area contributed by atoms with E-state index in [0.29, 0.717) is 0 Å². The molecule has 1 saturated heterocycles. The van der Waals surface area contributed by atoms with E-state index in [1.165, 1.54) is 19.2 Å². The van der Waals surface area contributed by atoms with Gasteiger partial charge < -0.3 is 14.6 Å². The van der Waals surface area contributed by atoms with E-state index in [1.807, 2.05) is 6.92 Å². The van der Waals surface area contributed by atoms with E-state index in [-0.39, 0.29) is 31.1 Å². The lowest BCUT2D eigenvalue weighted by Gasteiger charge is -2.31. The van der Waals surface area contributed by atoms with Gasteiger partial charge >= 0.3 is 5.97 Å².